The van der Waals surface area contributed by atoms with Crippen molar-refractivity contribution in [3.8, 4) is 0 Å². The maximum Gasteiger partial charge on any atom is 0.341 e. The molecular formula is C41H52O17. The monoisotopic (exact) mass is 816 g/mol. The number of methoxy groups -OCH3 is 1. The number of fused-ring (bicyclic) bond motifs is 2. The molecule has 2 N–H and O–H groups in total. The summed E-state index contributed by atoms with van der Waals surface area (Å²) in [7, 11) is 1.21. The van der Waals surface area contributed by atoms with Crippen LogP contribution in [0.2, 0.25) is 0 Å². The fourth-order valence-corrected chi connectivity index (χ4v) is 13.6. The molecule has 318 valence electrons. The molecule has 2 spiro atoms. The lowest BCUT2D eigenvalue weighted by Crippen LogP contribution is -2.99. The van der Waals surface area contributed by atoms with E-state index < -0.39 is 141 Å². The number of esters is 5. The molecule has 4 saturated carbocycles. The predicted octanol–water partition coefficient (Wildman–Crippen LogP) is 2.71. The SMILES string of the molecule is CC[C@@H](C)C(=O)O[C@@H]1C[C@@]2(C)[C@H](c3ccoc3)OC(=O)C[C@]23O[C@@]2(C)O[C@@]34[C@H](OC(C)=O)[C@]3(O)[C@@H](OC(=O)[C@@]5(C)O[C@@H]5C)[C@@]5(C)C[C@]3(O)[C@](C)([C@H]5CC(=O)OC)[C@@]14O2. The Morgan fingerprint density at radius 3 is 2.24 bits per heavy atom. The topological polar surface area (TPSA) is 225 Å². The number of rotatable bonds is 9. The number of epoxide rings is 1. The van der Waals surface area contributed by atoms with Crippen molar-refractivity contribution >= 4 is 29.8 Å². The molecule has 1 aromatic heterocycles. The minimum atomic E-state index is -2.78. The summed E-state index contributed by atoms with van der Waals surface area (Å²) in [5.74, 6) is -7.76. The van der Waals surface area contributed by atoms with Gasteiger partial charge in [-0.05, 0) is 45.1 Å². The number of carbonyl (C=O) groups excluding carboxylic acids is 5. The first-order valence-electron chi connectivity index (χ1n) is 20.0. The summed E-state index contributed by atoms with van der Waals surface area (Å²) < 4.78 is 63.0. The Hall–Kier alpha value is -3.61. The van der Waals surface area contributed by atoms with Gasteiger partial charge in [0, 0.05) is 42.1 Å². The minimum absolute atomic E-state index is 0.149. The van der Waals surface area contributed by atoms with Crippen molar-refractivity contribution in [2.75, 3.05) is 7.11 Å². The van der Waals surface area contributed by atoms with E-state index in [0.29, 0.717) is 12.0 Å². The molecule has 4 bridgehead atoms. The fourth-order valence-electron chi connectivity index (χ4n) is 13.6. The van der Waals surface area contributed by atoms with Crippen LogP contribution in [0.1, 0.15) is 106 Å². The first-order valence-corrected chi connectivity index (χ1v) is 20.0. The Morgan fingerprint density at radius 2 is 1.66 bits per heavy atom. The maximum atomic E-state index is 14.2. The standard InChI is InChI=1S/C41H52O17/c1-11-19(2)28(45)52-24-15-33(6)27(22-12-13-50-17-22)53-26(44)16-38(33)41-30(51-21(4)42)39(48)29(54-31(46)34(7)20(3)55-34)32(5)18-37(39,47)35(8,23(32)14-25(43)49-10)40(24,41)57-36(9,56-38)58-41/h12-13,17,19-20,23-24,27,29-30,47-48H,11,14-16,18H2,1-10H3/t19-,20-,23+,24-,27+,29+,30-,32+,33+,34+,35+,36-,37+,38+,39-,40+,41+/m1/s1. The third-order valence-electron chi connectivity index (χ3n) is 16.4. The molecule has 0 amide bonds. The summed E-state index contributed by atoms with van der Waals surface area (Å²) >= 11 is 0. The van der Waals surface area contributed by atoms with Gasteiger partial charge in [0.15, 0.2) is 28.5 Å². The lowest BCUT2D eigenvalue weighted by Gasteiger charge is -2.79. The Labute approximate surface area is 334 Å². The molecule has 17 heteroatoms. The van der Waals surface area contributed by atoms with Crippen LogP contribution in [0.3, 0.4) is 0 Å². The van der Waals surface area contributed by atoms with Crippen molar-refractivity contribution in [2.45, 2.75) is 165 Å². The molecule has 8 fully saturated rings. The largest absolute Gasteiger partial charge is 0.472 e. The van der Waals surface area contributed by atoms with Gasteiger partial charge in [-0.15, -0.1) is 0 Å². The molecule has 9 rings (SSSR count). The summed E-state index contributed by atoms with van der Waals surface area (Å²) in [6.45, 7) is 14.3. The van der Waals surface area contributed by atoms with Crippen LogP contribution in [0, 0.1) is 28.1 Å². The molecule has 8 aliphatic rings. The lowest BCUT2D eigenvalue weighted by atomic mass is 9.31. The molecule has 1 aromatic rings. The molecule has 4 aliphatic heterocycles. The highest BCUT2D eigenvalue weighted by atomic mass is 17.0. The van der Waals surface area contributed by atoms with E-state index in [1.54, 1.807) is 40.7 Å². The van der Waals surface area contributed by atoms with Crippen LogP contribution < -0.4 is 0 Å². The molecule has 0 aromatic carbocycles. The van der Waals surface area contributed by atoms with Crippen molar-refractivity contribution in [2.24, 2.45) is 28.1 Å². The van der Waals surface area contributed by atoms with E-state index >= 15 is 0 Å². The van der Waals surface area contributed by atoms with Crippen molar-refractivity contribution in [3.63, 3.8) is 0 Å². The molecule has 0 unspecified atom stereocenters. The second-order valence-corrected chi connectivity index (χ2v) is 19.0. The third kappa shape index (κ3) is 3.98. The average molecular weight is 817 g/mol. The van der Waals surface area contributed by atoms with Gasteiger partial charge in [0.25, 0.3) is 5.97 Å². The first kappa shape index (κ1) is 39.8. The summed E-state index contributed by atoms with van der Waals surface area (Å²) in [5, 5.41) is 27.8. The van der Waals surface area contributed by atoms with E-state index in [1.165, 1.54) is 33.5 Å². The van der Waals surface area contributed by atoms with E-state index in [1.807, 2.05) is 6.92 Å². The third-order valence-corrected chi connectivity index (χ3v) is 16.4. The second-order valence-electron chi connectivity index (χ2n) is 19.0. The van der Waals surface area contributed by atoms with Crippen molar-refractivity contribution in [1.82, 2.24) is 0 Å². The van der Waals surface area contributed by atoms with Gasteiger partial charge in [-0.1, -0.05) is 34.6 Å². The number of ether oxygens (including phenoxy) is 9. The average Bonchev–Trinajstić information content (AvgIpc) is 3.60. The highest BCUT2D eigenvalue weighted by molar-refractivity contribution is 5.83. The molecule has 17 atom stereocenters. The smallest absolute Gasteiger partial charge is 0.341 e. The number of hydrogen-bond acceptors (Lipinski definition) is 17. The number of cyclic esters (lactones) is 1. The van der Waals surface area contributed by atoms with Crippen LogP contribution in [-0.4, -0.2) is 111 Å². The zero-order valence-corrected chi connectivity index (χ0v) is 34.3. The summed E-state index contributed by atoms with van der Waals surface area (Å²) in [5.41, 5.74) is -17.7. The van der Waals surface area contributed by atoms with E-state index in [4.69, 9.17) is 47.0 Å². The summed E-state index contributed by atoms with van der Waals surface area (Å²) in [4.78, 5) is 70.0. The Kier molecular flexibility index (Phi) is 7.83. The van der Waals surface area contributed by atoms with Crippen LogP contribution >= 0.6 is 0 Å². The molecule has 4 saturated heterocycles. The Morgan fingerprint density at radius 1 is 0.983 bits per heavy atom. The first-order chi connectivity index (χ1) is 26.9. The van der Waals surface area contributed by atoms with Crippen LogP contribution in [0.5, 0.6) is 0 Å². The lowest BCUT2D eigenvalue weighted by molar-refractivity contribution is -0.479. The van der Waals surface area contributed by atoms with E-state index in [0.717, 1.165) is 6.92 Å². The zero-order chi connectivity index (χ0) is 42.2. The van der Waals surface area contributed by atoms with Crippen LogP contribution in [0.4, 0.5) is 0 Å². The Bertz CT molecular complexity index is 2020. The van der Waals surface area contributed by atoms with Gasteiger partial charge in [0.1, 0.15) is 29.5 Å². The van der Waals surface area contributed by atoms with Crippen LogP contribution in [-0.2, 0) is 66.6 Å². The molecule has 5 heterocycles. The second kappa shape index (κ2) is 11.4. The van der Waals surface area contributed by atoms with Crippen molar-refractivity contribution in [1.29, 1.82) is 0 Å². The number of carbonyl (C=O) groups is 5. The van der Waals surface area contributed by atoms with Gasteiger partial charge in [0.2, 0.25) is 0 Å². The van der Waals surface area contributed by atoms with Gasteiger partial charge in [0.05, 0.1) is 38.1 Å². The number of furan rings is 1. The number of aliphatic hydroxyl groups is 2. The normalized spacial score (nSPS) is 52.9. The van der Waals surface area contributed by atoms with Gasteiger partial charge >= 0.3 is 29.8 Å². The number of hydrogen-bond donors (Lipinski definition) is 2. The molecular weight excluding hydrogens is 764 g/mol. The van der Waals surface area contributed by atoms with E-state index in [9.17, 15) is 34.2 Å². The van der Waals surface area contributed by atoms with E-state index in [-0.39, 0.29) is 12.8 Å². The highest BCUT2D eigenvalue weighted by Crippen LogP contribution is 2.89. The maximum absolute atomic E-state index is 14.2. The summed E-state index contributed by atoms with van der Waals surface area (Å²) in [6.07, 6.45) is -5.16. The van der Waals surface area contributed by atoms with E-state index in [2.05, 4.69) is 0 Å². The van der Waals surface area contributed by atoms with Gasteiger partial charge in [-0.3, -0.25) is 19.2 Å². The van der Waals surface area contributed by atoms with Crippen LogP contribution in [0.25, 0.3) is 0 Å². The molecule has 58 heavy (non-hydrogen) atoms. The van der Waals surface area contributed by atoms with Gasteiger partial charge in [-0.2, -0.15) is 0 Å². The minimum Gasteiger partial charge on any atom is -0.472 e. The van der Waals surface area contributed by atoms with Crippen molar-refractivity contribution < 1.29 is 81.2 Å². The Balaban J connectivity index is 1.40. The molecule has 0 radical (unpaired) electrons. The quantitative estimate of drug-likeness (QED) is 0.208. The van der Waals surface area contributed by atoms with Gasteiger partial charge < -0.3 is 57.3 Å². The van der Waals surface area contributed by atoms with Crippen molar-refractivity contribution in [3.05, 3.63) is 24.2 Å². The summed E-state index contributed by atoms with van der Waals surface area (Å²) in [6, 6.07) is 1.62. The van der Waals surface area contributed by atoms with Gasteiger partial charge in [-0.25, -0.2) is 4.79 Å². The molecule has 4 aliphatic carbocycles. The zero-order valence-electron chi connectivity index (χ0n) is 34.3. The highest BCUT2D eigenvalue weighted by Gasteiger charge is 3.07. The van der Waals surface area contributed by atoms with Crippen LogP contribution in [0.15, 0.2) is 23.0 Å². The molecule has 17 nitrogen and oxygen atoms in total. The fraction of sp³-hybridized carbons (Fsp3) is 0.780. The predicted molar refractivity (Wildman–Crippen MR) is 189 cm³/mol.